The van der Waals surface area contributed by atoms with Crippen molar-refractivity contribution in [3.63, 3.8) is 0 Å². The molecule has 0 radical (unpaired) electrons. The number of allylic oxidation sites excluding steroid dienone is 3. The van der Waals surface area contributed by atoms with E-state index in [0.29, 0.717) is 0 Å². The average Bonchev–Trinajstić information content (AvgIpc) is 2.25. The molecule has 2 heteroatoms. The van der Waals surface area contributed by atoms with Crippen LogP contribution in [0.1, 0.15) is 46.0 Å². The van der Waals surface area contributed by atoms with Crippen LogP contribution in [0.2, 0.25) is 0 Å². The molecule has 0 unspecified atom stereocenters. The topological polar surface area (TPSA) is 12.4 Å². The second-order valence-corrected chi connectivity index (χ2v) is 4.98. The van der Waals surface area contributed by atoms with Crippen LogP contribution in [0.25, 0.3) is 0 Å². The summed E-state index contributed by atoms with van der Waals surface area (Å²) in [6.45, 7) is 4.08. The van der Waals surface area contributed by atoms with Crippen molar-refractivity contribution in [1.29, 1.82) is 0 Å². The van der Waals surface area contributed by atoms with Crippen LogP contribution in [0.15, 0.2) is 27.7 Å². The molecule has 84 valence electrons. The van der Waals surface area contributed by atoms with Gasteiger partial charge in [0.1, 0.15) is 0 Å². The minimum absolute atomic E-state index is 1.12. The monoisotopic (exact) mass is 223 g/mol. The van der Waals surface area contributed by atoms with Gasteiger partial charge in [-0.1, -0.05) is 18.1 Å². The van der Waals surface area contributed by atoms with Gasteiger partial charge in [-0.15, -0.1) is 11.8 Å². The van der Waals surface area contributed by atoms with Crippen molar-refractivity contribution in [2.45, 2.75) is 46.0 Å². The van der Waals surface area contributed by atoms with E-state index in [-0.39, 0.29) is 0 Å². The van der Waals surface area contributed by atoms with Crippen molar-refractivity contribution in [3.8, 4) is 0 Å². The van der Waals surface area contributed by atoms with Crippen LogP contribution < -0.4 is 0 Å². The van der Waals surface area contributed by atoms with Gasteiger partial charge in [0.05, 0.1) is 5.03 Å². The van der Waals surface area contributed by atoms with Gasteiger partial charge in [-0.3, -0.25) is 4.99 Å². The smallest absolute Gasteiger partial charge is 0.0956 e. The lowest BCUT2D eigenvalue weighted by atomic mass is 9.95. The van der Waals surface area contributed by atoms with E-state index in [0.717, 1.165) is 10.7 Å². The molecule has 0 aromatic rings. The summed E-state index contributed by atoms with van der Waals surface area (Å²) in [5.74, 6) is 0. The Hall–Kier alpha value is -0.500. The van der Waals surface area contributed by atoms with Crippen molar-refractivity contribution in [1.82, 2.24) is 0 Å². The van der Waals surface area contributed by atoms with Gasteiger partial charge in [0.2, 0.25) is 0 Å². The summed E-state index contributed by atoms with van der Waals surface area (Å²) in [5, 5.41) is 1.12. The fraction of sp³-hybridized carbons (Fsp3) is 0.615. The first-order chi connectivity index (χ1) is 7.22. The molecule has 0 aromatic heterocycles. The van der Waals surface area contributed by atoms with E-state index in [4.69, 9.17) is 0 Å². The van der Waals surface area contributed by atoms with Crippen LogP contribution in [-0.4, -0.2) is 12.0 Å². The first-order valence-electron chi connectivity index (χ1n) is 5.68. The molecule has 0 saturated heterocycles. The molecule has 1 saturated carbocycles. The molecule has 0 bridgehead atoms. The molecule has 0 aliphatic heterocycles. The van der Waals surface area contributed by atoms with E-state index < -0.39 is 0 Å². The minimum atomic E-state index is 1.12. The van der Waals surface area contributed by atoms with Gasteiger partial charge in [0.25, 0.3) is 0 Å². The van der Waals surface area contributed by atoms with Crippen molar-refractivity contribution < 1.29 is 0 Å². The highest BCUT2D eigenvalue weighted by Gasteiger charge is 2.03. The number of rotatable bonds is 3. The third kappa shape index (κ3) is 5.22. The Labute approximate surface area is 97.8 Å². The summed E-state index contributed by atoms with van der Waals surface area (Å²) in [5.41, 5.74) is 2.72. The number of hydrogen-bond donors (Lipinski definition) is 0. The Morgan fingerprint density at radius 3 is 2.40 bits per heavy atom. The molecule has 0 atom stereocenters. The van der Waals surface area contributed by atoms with E-state index in [1.807, 2.05) is 13.8 Å². The molecular formula is C13H21NS. The molecule has 15 heavy (non-hydrogen) atoms. The number of thioether (sulfide) groups is 1. The lowest BCUT2D eigenvalue weighted by molar-refractivity contribution is 0.599. The van der Waals surface area contributed by atoms with Crippen LogP contribution in [0.4, 0.5) is 0 Å². The first-order valence-corrected chi connectivity index (χ1v) is 6.90. The molecule has 0 amide bonds. The van der Waals surface area contributed by atoms with Crippen molar-refractivity contribution in [2.75, 3.05) is 6.26 Å². The Bertz CT molecular complexity index is 275. The second kappa shape index (κ2) is 6.89. The standard InChI is InChI=1S/C13H21NS/c1-11(2)14-13(15-3)10-9-12-7-5-4-6-8-12/h9-10H,4-8H2,1-3H3/b13-10+. The summed E-state index contributed by atoms with van der Waals surface area (Å²) in [4.78, 5) is 4.48. The zero-order valence-electron chi connectivity index (χ0n) is 10.0. The number of nitrogens with zero attached hydrogens (tertiary/aromatic N) is 1. The highest BCUT2D eigenvalue weighted by molar-refractivity contribution is 8.02. The normalized spacial score (nSPS) is 17.5. The van der Waals surface area contributed by atoms with Crippen molar-refractivity contribution >= 4 is 17.5 Å². The van der Waals surface area contributed by atoms with Gasteiger partial charge < -0.3 is 0 Å². The predicted molar refractivity (Wildman–Crippen MR) is 71.5 cm³/mol. The van der Waals surface area contributed by atoms with E-state index >= 15 is 0 Å². The lowest BCUT2D eigenvalue weighted by Gasteiger charge is -2.12. The van der Waals surface area contributed by atoms with Gasteiger partial charge in [0, 0.05) is 5.71 Å². The first kappa shape index (κ1) is 12.6. The fourth-order valence-corrected chi connectivity index (χ4v) is 2.21. The van der Waals surface area contributed by atoms with Gasteiger partial charge in [-0.05, 0) is 51.9 Å². The van der Waals surface area contributed by atoms with Gasteiger partial charge in [0.15, 0.2) is 0 Å². The molecule has 1 fully saturated rings. The highest BCUT2D eigenvalue weighted by atomic mass is 32.2. The molecule has 1 rings (SSSR count). The molecule has 0 aromatic carbocycles. The third-order valence-corrected chi connectivity index (χ3v) is 3.15. The summed E-state index contributed by atoms with van der Waals surface area (Å²) >= 11 is 1.72. The van der Waals surface area contributed by atoms with Crippen LogP contribution in [-0.2, 0) is 0 Å². The molecule has 0 spiro atoms. The van der Waals surface area contributed by atoms with E-state index in [1.165, 1.54) is 32.1 Å². The molecule has 0 heterocycles. The molecule has 1 nitrogen and oxygen atoms in total. The van der Waals surface area contributed by atoms with E-state index in [1.54, 1.807) is 17.3 Å². The Morgan fingerprint density at radius 1 is 1.20 bits per heavy atom. The highest BCUT2D eigenvalue weighted by Crippen LogP contribution is 2.23. The zero-order valence-corrected chi connectivity index (χ0v) is 10.9. The van der Waals surface area contributed by atoms with Crippen LogP contribution >= 0.6 is 11.8 Å². The van der Waals surface area contributed by atoms with Gasteiger partial charge in [-0.25, -0.2) is 0 Å². The van der Waals surface area contributed by atoms with Gasteiger partial charge >= 0.3 is 0 Å². The lowest BCUT2D eigenvalue weighted by Crippen LogP contribution is -1.92. The maximum absolute atomic E-state index is 4.48. The predicted octanol–water partition coefficient (Wildman–Crippen LogP) is 4.56. The average molecular weight is 223 g/mol. The Balaban J connectivity index is 2.62. The number of aliphatic imine (C=N–C) groups is 1. The summed E-state index contributed by atoms with van der Waals surface area (Å²) in [6, 6.07) is 0. The third-order valence-electron chi connectivity index (χ3n) is 2.50. The molecule has 1 aliphatic rings. The molecular weight excluding hydrogens is 202 g/mol. The van der Waals surface area contributed by atoms with Crippen LogP contribution in [0.5, 0.6) is 0 Å². The van der Waals surface area contributed by atoms with Gasteiger partial charge in [-0.2, -0.15) is 0 Å². The quantitative estimate of drug-likeness (QED) is 0.639. The van der Waals surface area contributed by atoms with E-state index in [9.17, 15) is 0 Å². The summed E-state index contributed by atoms with van der Waals surface area (Å²) in [7, 11) is 0. The molecule has 1 aliphatic carbocycles. The minimum Gasteiger partial charge on any atom is -0.252 e. The maximum atomic E-state index is 4.48. The van der Waals surface area contributed by atoms with Crippen LogP contribution in [0, 0.1) is 0 Å². The second-order valence-electron chi connectivity index (χ2n) is 4.15. The van der Waals surface area contributed by atoms with Crippen molar-refractivity contribution in [3.05, 3.63) is 22.8 Å². The summed E-state index contributed by atoms with van der Waals surface area (Å²) < 4.78 is 0. The SMILES string of the molecule is CS/C(=C/C=C1CCCCC1)N=C(C)C. The Morgan fingerprint density at radius 2 is 1.87 bits per heavy atom. The largest absolute Gasteiger partial charge is 0.252 e. The molecule has 0 N–H and O–H groups in total. The fourth-order valence-electron chi connectivity index (χ4n) is 1.73. The van der Waals surface area contributed by atoms with E-state index in [2.05, 4.69) is 23.4 Å². The maximum Gasteiger partial charge on any atom is 0.0956 e. The van der Waals surface area contributed by atoms with Crippen molar-refractivity contribution in [2.24, 2.45) is 4.99 Å². The Kier molecular flexibility index (Phi) is 5.77. The summed E-state index contributed by atoms with van der Waals surface area (Å²) in [6.07, 6.45) is 13.2. The zero-order chi connectivity index (χ0) is 11.1. The van der Waals surface area contributed by atoms with Crippen LogP contribution in [0.3, 0.4) is 0 Å². The number of hydrogen-bond acceptors (Lipinski definition) is 2.